The van der Waals surface area contributed by atoms with Crippen LogP contribution in [0, 0.1) is 0 Å². The maximum atomic E-state index is 11.4. The van der Waals surface area contributed by atoms with Crippen molar-refractivity contribution in [1.82, 2.24) is 5.32 Å². The largest absolute Gasteiger partial charge is 0.463 e. The summed E-state index contributed by atoms with van der Waals surface area (Å²) in [5, 5.41) is 3.34. The highest BCUT2D eigenvalue weighted by Crippen LogP contribution is 2.40. The minimum absolute atomic E-state index is 0.304. The molecule has 0 amide bonds. The fourth-order valence-corrected chi connectivity index (χ4v) is 2.05. The molecule has 1 aromatic carbocycles. The van der Waals surface area contributed by atoms with Crippen LogP contribution in [0.5, 0.6) is 0 Å². The van der Waals surface area contributed by atoms with Crippen LogP contribution in [0.2, 0.25) is 0 Å². The van der Waals surface area contributed by atoms with E-state index in [2.05, 4.69) is 36.2 Å². The lowest BCUT2D eigenvalue weighted by Gasteiger charge is -2.07. The summed E-state index contributed by atoms with van der Waals surface area (Å²) in [7, 11) is 0. The summed E-state index contributed by atoms with van der Waals surface area (Å²) < 4.78 is 4.89. The number of nitrogens with one attached hydrogen (secondary N) is 1. The molecule has 0 saturated heterocycles. The van der Waals surface area contributed by atoms with E-state index < -0.39 is 0 Å². The molecule has 96 valence electrons. The van der Waals surface area contributed by atoms with Crippen molar-refractivity contribution in [2.24, 2.45) is 0 Å². The molecule has 0 aliphatic heterocycles. The molecule has 0 spiro atoms. The lowest BCUT2D eigenvalue weighted by Crippen LogP contribution is -2.24. The number of hydrogen-bond acceptors (Lipinski definition) is 3. The Morgan fingerprint density at radius 3 is 2.83 bits per heavy atom. The van der Waals surface area contributed by atoms with Crippen molar-refractivity contribution in [2.75, 3.05) is 13.2 Å². The van der Waals surface area contributed by atoms with E-state index in [1.165, 1.54) is 5.56 Å². The molecule has 1 aliphatic carbocycles. The third-order valence-electron chi connectivity index (χ3n) is 3.16. The smallest absolute Gasteiger partial charge is 0.334 e. The van der Waals surface area contributed by atoms with Crippen molar-refractivity contribution >= 4 is 5.97 Å². The average molecular weight is 245 g/mol. The van der Waals surface area contributed by atoms with Gasteiger partial charge in [-0.2, -0.15) is 0 Å². The molecule has 1 fully saturated rings. The molecule has 3 nitrogen and oxygen atoms in total. The minimum Gasteiger partial charge on any atom is -0.463 e. The zero-order valence-electron chi connectivity index (χ0n) is 10.7. The SMILES string of the molecule is C=C(CNC1CC1c1ccccc1)C(=O)OCC. The molecule has 2 atom stereocenters. The standard InChI is InChI=1S/C15H19NO2/c1-3-18-15(17)11(2)10-16-14-9-13(14)12-7-5-4-6-8-12/h4-8,13-14,16H,2-3,9-10H2,1H3. The van der Waals surface area contributed by atoms with Crippen LogP contribution < -0.4 is 5.32 Å². The van der Waals surface area contributed by atoms with Gasteiger partial charge >= 0.3 is 5.97 Å². The van der Waals surface area contributed by atoms with Gasteiger partial charge in [0.05, 0.1) is 6.61 Å². The average Bonchev–Trinajstić information content (AvgIpc) is 3.17. The zero-order chi connectivity index (χ0) is 13.0. The Morgan fingerprint density at radius 1 is 1.44 bits per heavy atom. The van der Waals surface area contributed by atoms with Gasteiger partial charge in [0.1, 0.15) is 0 Å². The second-order valence-corrected chi connectivity index (χ2v) is 4.56. The number of hydrogen-bond donors (Lipinski definition) is 1. The number of ether oxygens (including phenoxy) is 1. The van der Waals surface area contributed by atoms with Crippen LogP contribution in [0.15, 0.2) is 42.5 Å². The third kappa shape index (κ3) is 3.20. The maximum Gasteiger partial charge on any atom is 0.334 e. The summed E-state index contributed by atoms with van der Waals surface area (Å²) in [5.74, 6) is 0.267. The molecule has 2 rings (SSSR count). The van der Waals surface area contributed by atoms with Crippen molar-refractivity contribution < 1.29 is 9.53 Å². The highest BCUT2D eigenvalue weighted by atomic mass is 16.5. The second kappa shape index (κ2) is 5.83. The third-order valence-corrected chi connectivity index (χ3v) is 3.16. The normalized spacial score (nSPS) is 21.4. The maximum absolute atomic E-state index is 11.4. The quantitative estimate of drug-likeness (QED) is 0.617. The Balaban J connectivity index is 1.74. The first-order valence-electron chi connectivity index (χ1n) is 6.35. The predicted molar refractivity (Wildman–Crippen MR) is 71.4 cm³/mol. The summed E-state index contributed by atoms with van der Waals surface area (Å²) in [6.45, 7) is 6.43. The summed E-state index contributed by atoms with van der Waals surface area (Å²) in [4.78, 5) is 11.4. The van der Waals surface area contributed by atoms with Crippen LogP contribution in [-0.4, -0.2) is 25.2 Å². The molecule has 1 aromatic rings. The molecule has 0 aromatic heterocycles. The molecule has 3 heteroatoms. The zero-order valence-corrected chi connectivity index (χ0v) is 10.7. The van der Waals surface area contributed by atoms with Crippen LogP contribution in [0.4, 0.5) is 0 Å². The van der Waals surface area contributed by atoms with E-state index >= 15 is 0 Å². The molecule has 0 bridgehead atoms. The first-order valence-corrected chi connectivity index (χ1v) is 6.35. The van der Waals surface area contributed by atoms with Crippen LogP contribution in [0.25, 0.3) is 0 Å². The molecule has 0 radical (unpaired) electrons. The number of carbonyl (C=O) groups is 1. The molecular formula is C15H19NO2. The van der Waals surface area contributed by atoms with Crippen molar-refractivity contribution in [1.29, 1.82) is 0 Å². The Kier molecular flexibility index (Phi) is 4.15. The van der Waals surface area contributed by atoms with Gasteiger partial charge in [-0.3, -0.25) is 0 Å². The monoisotopic (exact) mass is 245 g/mol. The molecular weight excluding hydrogens is 226 g/mol. The van der Waals surface area contributed by atoms with Gasteiger partial charge in [-0.1, -0.05) is 36.9 Å². The summed E-state index contributed by atoms with van der Waals surface area (Å²) in [5.41, 5.74) is 1.85. The van der Waals surface area contributed by atoms with Gasteiger partial charge in [0, 0.05) is 24.1 Å². The van der Waals surface area contributed by atoms with Crippen molar-refractivity contribution in [2.45, 2.75) is 25.3 Å². The fourth-order valence-electron chi connectivity index (χ4n) is 2.05. The lowest BCUT2D eigenvalue weighted by atomic mass is 10.1. The minimum atomic E-state index is -0.304. The van der Waals surface area contributed by atoms with E-state index in [-0.39, 0.29) is 5.97 Å². The van der Waals surface area contributed by atoms with Gasteiger partial charge in [-0.05, 0) is 18.9 Å². The summed E-state index contributed by atoms with van der Waals surface area (Å²) >= 11 is 0. The van der Waals surface area contributed by atoms with Crippen LogP contribution >= 0.6 is 0 Å². The van der Waals surface area contributed by atoms with E-state index in [0.29, 0.717) is 30.7 Å². The summed E-state index contributed by atoms with van der Waals surface area (Å²) in [6, 6.07) is 10.9. The van der Waals surface area contributed by atoms with Gasteiger partial charge in [-0.25, -0.2) is 4.79 Å². The fraction of sp³-hybridized carbons (Fsp3) is 0.400. The van der Waals surface area contributed by atoms with Gasteiger partial charge < -0.3 is 10.1 Å². The Hall–Kier alpha value is -1.61. The Labute approximate surface area is 108 Å². The topological polar surface area (TPSA) is 38.3 Å². The van der Waals surface area contributed by atoms with Gasteiger partial charge in [0.25, 0.3) is 0 Å². The second-order valence-electron chi connectivity index (χ2n) is 4.56. The number of rotatable bonds is 6. The van der Waals surface area contributed by atoms with E-state index in [1.807, 2.05) is 6.07 Å². The molecule has 2 unspecified atom stereocenters. The number of benzene rings is 1. The van der Waals surface area contributed by atoms with E-state index in [4.69, 9.17) is 4.74 Å². The van der Waals surface area contributed by atoms with Crippen LogP contribution in [0.3, 0.4) is 0 Å². The van der Waals surface area contributed by atoms with E-state index in [1.54, 1.807) is 6.92 Å². The number of esters is 1. The first-order chi connectivity index (χ1) is 8.72. The molecule has 18 heavy (non-hydrogen) atoms. The van der Waals surface area contributed by atoms with Gasteiger partial charge in [-0.15, -0.1) is 0 Å². The van der Waals surface area contributed by atoms with Gasteiger partial charge in [0.15, 0.2) is 0 Å². The lowest BCUT2D eigenvalue weighted by molar-refractivity contribution is -0.138. The van der Waals surface area contributed by atoms with Crippen LogP contribution in [0.1, 0.15) is 24.8 Å². The number of carbonyl (C=O) groups excluding carboxylic acids is 1. The van der Waals surface area contributed by atoms with Crippen molar-refractivity contribution in [3.05, 3.63) is 48.0 Å². The molecule has 1 aliphatic rings. The van der Waals surface area contributed by atoms with E-state index in [0.717, 1.165) is 6.42 Å². The highest BCUT2D eigenvalue weighted by molar-refractivity contribution is 5.88. The van der Waals surface area contributed by atoms with Crippen LogP contribution in [-0.2, 0) is 9.53 Å². The van der Waals surface area contributed by atoms with Gasteiger partial charge in [0.2, 0.25) is 0 Å². The summed E-state index contributed by atoms with van der Waals surface area (Å²) in [6.07, 6.45) is 1.13. The Morgan fingerprint density at radius 2 is 2.17 bits per heavy atom. The van der Waals surface area contributed by atoms with Crippen molar-refractivity contribution in [3.63, 3.8) is 0 Å². The molecule has 0 heterocycles. The molecule has 1 N–H and O–H groups in total. The highest BCUT2D eigenvalue weighted by Gasteiger charge is 2.37. The molecule has 1 saturated carbocycles. The first kappa shape index (κ1) is 12.8. The van der Waals surface area contributed by atoms with E-state index in [9.17, 15) is 4.79 Å². The predicted octanol–water partition coefficient (Wildman–Crippen LogP) is 2.25. The Bertz CT molecular complexity index is 427. The van der Waals surface area contributed by atoms with Crippen molar-refractivity contribution in [3.8, 4) is 0 Å².